The zero-order valence-electron chi connectivity index (χ0n) is 16.3. The lowest BCUT2D eigenvalue weighted by Gasteiger charge is -2.06. The lowest BCUT2D eigenvalue weighted by atomic mass is 10.1. The molecule has 6 heteroatoms. The van der Waals surface area contributed by atoms with E-state index in [9.17, 15) is 0 Å². The Morgan fingerprint density at radius 1 is 1.00 bits per heavy atom. The number of methoxy groups -OCH3 is 1. The molecule has 148 valence electrons. The van der Waals surface area contributed by atoms with Crippen LogP contribution in [-0.2, 0) is 0 Å². The van der Waals surface area contributed by atoms with Crippen LogP contribution >= 0.6 is 22.9 Å². The number of rotatable bonds is 3. The van der Waals surface area contributed by atoms with Crippen molar-refractivity contribution < 1.29 is 9.15 Å². The molecule has 0 saturated carbocycles. The predicted molar refractivity (Wildman–Crippen MR) is 123 cm³/mol. The Morgan fingerprint density at radius 3 is 2.63 bits per heavy atom. The van der Waals surface area contributed by atoms with Crippen LogP contribution in [0, 0.1) is 6.92 Å². The number of ether oxygens (including phenoxy) is 1. The molecule has 0 aliphatic heterocycles. The van der Waals surface area contributed by atoms with Crippen LogP contribution in [0.1, 0.15) is 5.56 Å². The fourth-order valence-electron chi connectivity index (χ4n) is 3.29. The molecule has 30 heavy (non-hydrogen) atoms. The highest BCUT2D eigenvalue weighted by Crippen LogP contribution is 2.30. The van der Waals surface area contributed by atoms with E-state index in [1.807, 2.05) is 54.6 Å². The van der Waals surface area contributed by atoms with Crippen LogP contribution in [0.15, 0.2) is 76.1 Å². The van der Waals surface area contributed by atoms with E-state index in [0.717, 1.165) is 37.9 Å². The van der Waals surface area contributed by atoms with E-state index >= 15 is 0 Å². The topological polar surface area (TPSA) is 47.6 Å². The number of hydrogen-bond donors (Lipinski definition) is 0. The van der Waals surface area contributed by atoms with Gasteiger partial charge in [0.05, 0.1) is 22.7 Å². The Balaban J connectivity index is 1.76. The third kappa shape index (κ3) is 3.58. The highest BCUT2D eigenvalue weighted by Gasteiger charge is 2.09. The Hall–Kier alpha value is -3.15. The van der Waals surface area contributed by atoms with Crippen LogP contribution in [0.25, 0.3) is 32.5 Å². The molecule has 5 aromatic rings. The van der Waals surface area contributed by atoms with Crippen molar-refractivity contribution in [3.63, 3.8) is 0 Å². The van der Waals surface area contributed by atoms with Gasteiger partial charge in [0.2, 0.25) is 5.13 Å². The first-order chi connectivity index (χ1) is 14.6. The van der Waals surface area contributed by atoms with Gasteiger partial charge in [-0.2, -0.15) is 0 Å². The summed E-state index contributed by atoms with van der Waals surface area (Å²) in [5.74, 6) is 1.45. The van der Waals surface area contributed by atoms with Gasteiger partial charge in [0.25, 0.3) is 0 Å². The SMILES string of the molecule is COc1ccc2oc(-c3ccc(Cl)cc3)c/c(=N\c3nc4ccc(C)cc4s3)c2c1. The van der Waals surface area contributed by atoms with E-state index in [2.05, 4.69) is 24.0 Å². The van der Waals surface area contributed by atoms with Crippen molar-refractivity contribution in [3.8, 4) is 17.1 Å². The molecular formula is C24H17ClN2O2S. The molecule has 0 radical (unpaired) electrons. The summed E-state index contributed by atoms with van der Waals surface area (Å²) < 4.78 is 12.7. The zero-order chi connectivity index (χ0) is 20.7. The second-order valence-electron chi connectivity index (χ2n) is 6.94. The maximum atomic E-state index is 6.16. The molecule has 2 heterocycles. The van der Waals surface area contributed by atoms with E-state index in [4.69, 9.17) is 25.7 Å². The summed E-state index contributed by atoms with van der Waals surface area (Å²) in [5.41, 5.74) is 3.80. The smallest absolute Gasteiger partial charge is 0.210 e. The number of hydrogen-bond acceptors (Lipinski definition) is 5. The van der Waals surface area contributed by atoms with Crippen molar-refractivity contribution in [1.82, 2.24) is 4.98 Å². The maximum Gasteiger partial charge on any atom is 0.210 e. The quantitative estimate of drug-likeness (QED) is 0.311. The van der Waals surface area contributed by atoms with Gasteiger partial charge in [-0.1, -0.05) is 29.0 Å². The first-order valence-corrected chi connectivity index (χ1v) is 10.6. The van der Waals surface area contributed by atoms with E-state index in [-0.39, 0.29) is 0 Å². The van der Waals surface area contributed by atoms with Gasteiger partial charge in [-0.25, -0.2) is 9.98 Å². The van der Waals surface area contributed by atoms with Crippen molar-refractivity contribution in [2.75, 3.05) is 7.11 Å². The van der Waals surface area contributed by atoms with Crippen LogP contribution in [0.4, 0.5) is 5.13 Å². The van der Waals surface area contributed by atoms with Crippen molar-refractivity contribution >= 4 is 49.3 Å². The Morgan fingerprint density at radius 2 is 1.83 bits per heavy atom. The number of fused-ring (bicyclic) bond motifs is 2. The van der Waals surface area contributed by atoms with Gasteiger partial charge in [0.1, 0.15) is 17.1 Å². The molecule has 4 nitrogen and oxygen atoms in total. The normalized spacial score (nSPS) is 12.0. The second kappa shape index (κ2) is 7.59. The fraction of sp³-hybridized carbons (Fsp3) is 0.0833. The molecule has 0 spiro atoms. The molecule has 5 rings (SSSR count). The maximum absolute atomic E-state index is 6.16. The number of benzene rings is 3. The van der Waals surface area contributed by atoms with Crippen molar-refractivity contribution in [3.05, 3.63) is 82.7 Å². The van der Waals surface area contributed by atoms with Gasteiger partial charge in [-0.3, -0.25) is 0 Å². The number of aryl methyl sites for hydroxylation is 1. The van der Waals surface area contributed by atoms with E-state index in [1.165, 1.54) is 5.56 Å². The standard InChI is InChI=1S/C24H17ClN2O2S/c1-14-3-9-19-23(11-14)30-24(26-19)27-20-13-22(15-4-6-16(25)7-5-15)29-21-10-8-17(28-2)12-18(20)21/h3-13H,1-2H3/b27-20+. The average Bonchev–Trinajstić information content (AvgIpc) is 3.15. The number of nitrogens with zero attached hydrogens (tertiary/aromatic N) is 2. The minimum absolute atomic E-state index is 0.680. The minimum Gasteiger partial charge on any atom is -0.497 e. The van der Waals surface area contributed by atoms with Gasteiger partial charge >= 0.3 is 0 Å². The van der Waals surface area contributed by atoms with Crippen LogP contribution in [0.5, 0.6) is 5.75 Å². The number of thiazole rings is 1. The first-order valence-electron chi connectivity index (χ1n) is 9.39. The third-order valence-electron chi connectivity index (χ3n) is 4.83. The third-order valence-corrected chi connectivity index (χ3v) is 5.99. The van der Waals surface area contributed by atoms with Gasteiger partial charge in [0.15, 0.2) is 0 Å². The highest BCUT2D eigenvalue weighted by molar-refractivity contribution is 7.21. The second-order valence-corrected chi connectivity index (χ2v) is 8.39. The van der Waals surface area contributed by atoms with Crippen LogP contribution in [-0.4, -0.2) is 12.1 Å². The van der Waals surface area contributed by atoms with E-state index in [0.29, 0.717) is 15.9 Å². The van der Waals surface area contributed by atoms with Crippen LogP contribution < -0.4 is 10.1 Å². The largest absolute Gasteiger partial charge is 0.497 e. The fourth-order valence-corrected chi connectivity index (χ4v) is 4.37. The molecule has 0 aliphatic rings. The summed E-state index contributed by atoms with van der Waals surface area (Å²) in [5, 5.41) is 3.02. The molecule has 0 N–H and O–H groups in total. The average molecular weight is 433 g/mol. The summed E-state index contributed by atoms with van der Waals surface area (Å²) in [4.78, 5) is 9.57. The Labute approximate surface area is 182 Å². The summed E-state index contributed by atoms with van der Waals surface area (Å²) in [6.07, 6.45) is 0. The monoisotopic (exact) mass is 432 g/mol. The predicted octanol–water partition coefficient (Wildman–Crippen LogP) is 6.91. The summed E-state index contributed by atoms with van der Waals surface area (Å²) in [7, 11) is 1.65. The van der Waals surface area contributed by atoms with Gasteiger partial charge in [-0.05, 0) is 67.1 Å². The molecule has 0 amide bonds. The van der Waals surface area contributed by atoms with Crippen molar-refractivity contribution in [2.24, 2.45) is 4.99 Å². The summed E-state index contributed by atoms with van der Waals surface area (Å²) >= 11 is 7.62. The Kier molecular flexibility index (Phi) is 4.77. The van der Waals surface area contributed by atoms with Gasteiger partial charge in [0, 0.05) is 22.0 Å². The molecule has 0 aliphatic carbocycles. The lowest BCUT2D eigenvalue weighted by Crippen LogP contribution is -2.03. The highest BCUT2D eigenvalue weighted by atomic mass is 35.5. The number of halogens is 1. The van der Waals surface area contributed by atoms with Gasteiger partial charge < -0.3 is 9.15 Å². The molecule has 0 atom stereocenters. The molecule has 2 aromatic heterocycles. The minimum atomic E-state index is 0.680. The first kappa shape index (κ1) is 18.9. The number of aromatic nitrogens is 1. The molecule has 0 bridgehead atoms. The molecular weight excluding hydrogens is 416 g/mol. The molecule has 0 unspecified atom stereocenters. The van der Waals surface area contributed by atoms with Gasteiger partial charge in [-0.15, -0.1) is 0 Å². The molecule has 0 saturated heterocycles. The molecule has 0 fully saturated rings. The van der Waals surface area contributed by atoms with Crippen LogP contribution in [0.3, 0.4) is 0 Å². The van der Waals surface area contributed by atoms with E-state index < -0.39 is 0 Å². The summed E-state index contributed by atoms with van der Waals surface area (Å²) in [6, 6.07) is 21.4. The van der Waals surface area contributed by atoms with Crippen LogP contribution in [0.2, 0.25) is 5.02 Å². The lowest BCUT2D eigenvalue weighted by molar-refractivity contribution is 0.415. The molecule has 3 aromatic carbocycles. The Bertz CT molecular complexity index is 1450. The van der Waals surface area contributed by atoms with Crippen molar-refractivity contribution in [2.45, 2.75) is 6.92 Å². The van der Waals surface area contributed by atoms with E-state index in [1.54, 1.807) is 18.4 Å². The zero-order valence-corrected chi connectivity index (χ0v) is 17.9. The van der Waals surface area contributed by atoms with Crippen molar-refractivity contribution in [1.29, 1.82) is 0 Å². The summed E-state index contributed by atoms with van der Waals surface area (Å²) in [6.45, 7) is 2.08.